The van der Waals surface area contributed by atoms with E-state index in [4.69, 9.17) is 29.3 Å². The first-order valence-corrected chi connectivity index (χ1v) is 10.9. The van der Waals surface area contributed by atoms with E-state index in [0.717, 1.165) is 0 Å². The Kier molecular flexibility index (Phi) is 7.47. The zero-order valence-corrected chi connectivity index (χ0v) is 20.5. The average molecular weight is 508 g/mol. The quantitative estimate of drug-likeness (QED) is 0.237. The van der Waals surface area contributed by atoms with E-state index in [1.54, 1.807) is 36.4 Å². The van der Waals surface area contributed by atoms with Crippen molar-refractivity contribution >= 4 is 17.9 Å². The van der Waals surface area contributed by atoms with Crippen molar-refractivity contribution in [2.75, 3.05) is 33.7 Å². The Labute approximate surface area is 210 Å². The molecule has 0 atom stereocenters. The van der Waals surface area contributed by atoms with E-state index in [9.17, 15) is 4.79 Å². The van der Waals surface area contributed by atoms with Crippen molar-refractivity contribution in [2.24, 2.45) is 5.10 Å². The maximum absolute atomic E-state index is 13.1. The summed E-state index contributed by atoms with van der Waals surface area (Å²) in [5.41, 5.74) is 9.69. The Balaban J connectivity index is 1.67. The first-order valence-electron chi connectivity index (χ1n) is 10.9. The molecule has 0 aliphatic carbocycles. The van der Waals surface area contributed by atoms with E-state index in [1.165, 1.54) is 32.2 Å². The van der Waals surface area contributed by atoms with Crippen molar-refractivity contribution in [3.63, 3.8) is 0 Å². The van der Waals surface area contributed by atoms with Crippen molar-refractivity contribution < 1.29 is 28.4 Å². The van der Waals surface area contributed by atoms with Crippen LogP contribution in [-0.2, 0) is 0 Å². The highest BCUT2D eigenvalue weighted by Gasteiger charge is 2.25. The summed E-state index contributed by atoms with van der Waals surface area (Å²) in [7, 11) is 4.49. The molecule has 14 heteroatoms. The molecule has 1 amide bonds. The van der Waals surface area contributed by atoms with Crippen LogP contribution in [0.5, 0.6) is 23.0 Å². The molecule has 0 unspecified atom stereocenters. The minimum Gasteiger partial charge on any atom is -0.494 e. The summed E-state index contributed by atoms with van der Waals surface area (Å²) in [6.45, 7) is 2.39. The van der Waals surface area contributed by atoms with Gasteiger partial charge in [-0.3, -0.25) is 4.79 Å². The van der Waals surface area contributed by atoms with Crippen LogP contribution < -0.4 is 30.1 Å². The van der Waals surface area contributed by atoms with Gasteiger partial charge in [-0.2, -0.15) is 9.78 Å². The molecule has 0 aliphatic rings. The van der Waals surface area contributed by atoms with Crippen LogP contribution in [0.25, 0.3) is 17.1 Å². The van der Waals surface area contributed by atoms with E-state index >= 15 is 0 Å². The summed E-state index contributed by atoms with van der Waals surface area (Å²) < 4.78 is 27.5. The third-order valence-electron chi connectivity index (χ3n) is 5.12. The van der Waals surface area contributed by atoms with E-state index in [0.29, 0.717) is 46.4 Å². The van der Waals surface area contributed by atoms with Crippen molar-refractivity contribution in [1.82, 2.24) is 30.7 Å². The fraction of sp³-hybridized carbons (Fsp3) is 0.217. The number of carbonyl (C=O) groups is 1. The fourth-order valence-electron chi connectivity index (χ4n) is 3.50. The van der Waals surface area contributed by atoms with Gasteiger partial charge in [0.25, 0.3) is 5.91 Å². The van der Waals surface area contributed by atoms with Gasteiger partial charge in [-0.05, 0) is 53.6 Å². The molecule has 0 spiro atoms. The smallest absolute Gasteiger partial charge is 0.294 e. The zero-order chi connectivity index (χ0) is 26.4. The molecule has 37 heavy (non-hydrogen) atoms. The number of carbonyl (C=O) groups excluding carboxylic acids is 1. The molecule has 0 aliphatic heterocycles. The Morgan fingerprint density at radius 2 is 1.84 bits per heavy atom. The minimum absolute atomic E-state index is 0.0254. The lowest BCUT2D eigenvalue weighted by atomic mass is 10.1. The molecule has 0 radical (unpaired) electrons. The van der Waals surface area contributed by atoms with Gasteiger partial charge < -0.3 is 24.7 Å². The van der Waals surface area contributed by atoms with Gasteiger partial charge in [0.15, 0.2) is 17.2 Å². The maximum atomic E-state index is 13.1. The molecule has 2 aromatic heterocycles. The monoisotopic (exact) mass is 508 g/mol. The lowest BCUT2D eigenvalue weighted by Gasteiger charge is -2.13. The normalized spacial score (nSPS) is 10.9. The second-order valence-electron chi connectivity index (χ2n) is 7.25. The number of hydrogen-bond donors (Lipinski definition) is 2. The van der Waals surface area contributed by atoms with Crippen LogP contribution in [0.3, 0.4) is 0 Å². The number of nitrogens with two attached hydrogens (primary N) is 1. The highest BCUT2D eigenvalue weighted by molar-refractivity contribution is 5.99. The molecule has 4 rings (SSSR count). The number of rotatable bonds is 10. The molecule has 3 N–H and O–H groups in total. The summed E-state index contributed by atoms with van der Waals surface area (Å²) >= 11 is 0. The highest BCUT2D eigenvalue weighted by atomic mass is 16.6. The number of ether oxygens (including phenoxy) is 4. The number of aromatic nitrogens is 5. The van der Waals surface area contributed by atoms with Gasteiger partial charge in [-0.25, -0.2) is 10.1 Å². The number of hydrogen-bond acceptors (Lipinski definition) is 12. The molecule has 192 valence electrons. The van der Waals surface area contributed by atoms with Crippen molar-refractivity contribution in [3.05, 3.63) is 47.7 Å². The molecule has 2 aromatic carbocycles. The van der Waals surface area contributed by atoms with Crippen LogP contribution in [0.4, 0.5) is 5.82 Å². The largest absolute Gasteiger partial charge is 0.494 e. The Hall–Kier alpha value is -5.14. The number of anilines is 1. The molecule has 0 saturated carbocycles. The van der Waals surface area contributed by atoms with Gasteiger partial charge in [0.1, 0.15) is 11.4 Å². The number of amides is 1. The summed E-state index contributed by atoms with van der Waals surface area (Å²) in [5, 5.41) is 19.5. The van der Waals surface area contributed by atoms with E-state index in [-0.39, 0.29) is 17.3 Å². The summed E-state index contributed by atoms with van der Waals surface area (Å²) in [4.78, 5) is 13.1. The second kappa shape index (κ2) is 11.1. The predicted molar refractivity (Wildman–Crippen MR) is 131 cm³/mol. The number of nitrogens with one attached hydrogen (secondary N) is 1. The fourth-order valence-corrected chi connectivity index (χ4v) is 3.50. The van der Waals surface area contributed by atoms with Gasteiger partial charge in [-0.15, -0.1) is 5.10 Å². The molecule has 14 nitrogen and oxygen atoms in total. The van der Waals surface area contributed by atoms with Crippen LogP contribution >= 0.6 is 0 Å². The maximum Gasteiger partial charge on any atom is 0.294 e. The third kappa shape index (κ3) is 4.98. The van der Waals surface area contributed by atoms with Gasteiger partial charge in [0.2, 0.25) is 17.4 Å². The Morgan fingerprint density at radius 3 is 2.46 bits per heavy atom. The van der Waals surface area contributed by atoms with Crippen LogP contribution in [0.2, 0.25) is 0 Å². The molecule has 2 heterocycles. The molecule has 0 bridgehead atoms. The zero-order valence-electron chi connectivity index (χ0n) is 20.5. The summed E-state index contributed by atoms with van der Waals surface area (Å²) in [6, 6.07) is 10.4. The molecular weight excluding hydrogens is 484 g/mol. The average Bonchev–Trinajstić information content (AvgIpc) is 3.54. The van der Waals surface area contributed by atoms with Crippen LogP contribution in [-0.4, -0.2) is 65.4 Å². The van der Waals surface area contributed by atoms with Crippen LogP contribution in [0.1, 0.15) is 23.0 Å². The Morgan fingerprint density at radius 1 is 1.08 bits per heavy atom. The standard InChI is InChI=1S/C23H24N8O6/c1-5-36-15-9-6-13(7-10-15)18-17(26-30-31(18)22-21(24)28-37-29-22)23(32)27-25-12-14-8-11-16(33-2)20(35-4)19(14)34-3/h6-12H,5H2,1-4H3,(H2,24,28)(H,27,32)/b25-12+. The van der Waals surface area contributed by atoms with Gasteiger partial charge in [-0.1, -0.05) is 5.21 Å². The third-order valence-corrected chi connectivity index (χ3v) is 5.12. The molecule has 0 fully saturated rings. The topological polar surface area (TPSA) is 174 Å². The van der Waals surface area contributed by atoms with E-state index in [1.807, 2.05) is 6.92 Å². The highest BCUT2D eigenvalue weighted by Crippen LogP contribution is 2.39. The first kappa shape index (κ1) is 25.0. The molecule has 0 saturated heterocycles. The van der Waals surface area contributed by atoms with Gasteiger partial charge in [0, 0.05) is 11.1 Å². The molecular formula is C23H24N8O6. The molecule has 4 aromatic rings. The van der Waals surface area contributed by atoms with Crippen molar-refractivity contribution in [1.29, 1.82) is 0 Å². The Bertz CT molecular complexity index is 1410. The van der Waals surface area contributed by atoms with Crippen molar-refractivity contribution in [2.45, 2.75) is 6.92 Å². The number of nitrogens with zero attached hydrogens (tertiary/aromatic N) is 6. The van der Waals surface area contributed by atoms with Gasteiger partial charge in [0.05, 0.1) is 34.2 Å². The number of methoxy groups -OCH3 is 3. The number of benzene rings is 2. The lowest BCUT2D eigenvalue weighted by molar-refractivity contribution is 0.0950. The van der Waals surface area contributed by atoms with Gasteiger partial charge >= 0.3 is 0 Å². The van der Waals surface area contributed by atoms with E-state index in [2.05, 4.69) is 31.2 Å². The summed E-state index contributed by atoms with van der Waals surface area (Å²) in [6.07, 6.45) is 1.40. The lowest BCUT2D eigenvalue weighted by Crippen LogP contribution is -2.19. The second-order valence-corrected chi connectivity index (χ2v) is 7.25. The first-order chi connectivity index (χ1) is 18.0. The minimum atomic E-state index is -0.638. The van der Waals surface area contributed by atoms with E-state index < -0.39 is 5.91 Å². The van der Waals surface area contributed by atoms with Crippen LogP contribution in [0.15, 0.2) is 46.1 Å². The summed E-state index contributed by atoms with van der Waals surface area (Å²) in [5.74, 6) is 1.33. The number of nitrogen functional groups attached to an aromatic ring is 1. The predicted octanol–water partition coefficient (Wildman–Crippen LogP) is 2.09. The SMILES string of the molecule is CCOc1ccc(-c2c(C(=O)N/N=C/c3ccc(OC)c(OC)c3OC)nnn2-c2nonc2N)cc1. The number of hydrazone groups is 1. The van der Waals surface area contributed by atoms with Crippen LogP contribution in [0, 0.1) is 0 Å². The van der Waals surface area contributed by atoms with Crippen molar-refractivity contribution in [3.8, 4) is 40.1 Å².